The van der Waals surface area contributed by atoms with Crippen LogP contribution >= 0.6 is 0 Å². The molecule has 5 heteroatoms. The zero-order valence-electron chi connectivity index (χ0n) is 9.77. The topological polar surface area (TPSA) is 68.0 Å². The molecule has 18 heavy (non-hydrogen) atoms. The molecule has 1 aromatic carbocycles. The average molecular weight is 245 g/mol. The first-order valence-electron chi connectivity index (χ1n) is 5.36. The van der Waals surface area contributed by atoms with Crippen molar-refractivity contribution >= 4 is 17.4 Å². The number of nitrogens with zero attached hydrogens (tertiary/aromatic N) is 1. The predicted octanol–water partition coefficient (Wildman–Crippen LogP) is 2.36. The lowest BCUT2D eigenvalue weighted by molar-refractivity contribution is 0.102. The Hall–Kier alpha value is -2.43. The number of aryl methyl sites for hydroxylation is 1. The molecule has 1 aromatic heterocycles. The lowest BCUT2D eigenvalue weighted by atomic mass is 10.2. The van der Waals surface area contributed by atoms with Gasteiger partial charge in [-0.2, -0.15) is 0 Å². The fourth-order valence-electron chi connectivity index (χ4n) is 1.53. The molecule has 0 radical (unpaired) electrons. The van der Waals surface area contributed by atoms with Crippen LogP contribution in [0.4, 0.5) is 15.9 Å². The second-order valence-corrected chi connectivity index (χ2v) is 3.86. The number of nitrogens with one attached hydrogen (secondary N) is 1. The van der Waals surface area contributed by atoms with Gasteiger partial charge in [-0.25, -0.2) is 9.37 Å². The first-order valence-corrected chi connectivity index (χ1v) is 5.36. The van der Waals surface area contributed by atoms with Gasteiger partial charge in [-0.1, -0.05) is 18.2 Å². The Morgan fingerprint density at radius 2 is 2.11 bits per heavy atom. The lowest BCUT2D eigenvalue weighted by Gasteiger charge is -2.09. The average Bonchev–Trinajstić information content (AvgIpc) is 2.35. The molecule has 0 spiro atoms. The highest BCUT2D eigenvalue weighted by Gasteiger charge is 2.12. The van der Waals surface area contributed by atoms with Gasteiger partial charge in [-0.3, -0.25) is 4.79 Å². The van der Waals surface area contributed by atoms with Gasteiger partial charge in [0.25, 0.3) is 5.91 Å². The second kappa shape index (κ2) is 4.83. The molecule has 1 heterocycles. The zero-order chi connectivity index (χ0) is 13.1. The summed E-state index contributed by atoms with van der Waals surface area (Å²) in [7, 11) is 0. The fourth-order valence-corrected chi connectivity index (χ4v) is 1.53. The van der Waals surface area contributed by atoms with Gasteiger partial charge in [0.1, 0.15) is 11.6 Å². The van der Waals surface area contributed by atoms with E-state index in [0.717, 1.165) is 17.8 Å². The van der Waals surface area contributed by atoms with Crippen LogP contribution < -0.4 is 11.1 Å². The molecule has 0 aliphatic heterocycles. The van der Waals surface area contributed by atoms with Crippen LogP contribution in [0, 0.1) is 12.7 Å². The van der Waals surface area contributed by atoms with E-state index >= 15 is 0 Å². The summed E-state index contributed by atoms with van der Waals surface area (Å²) in [5.41, 5.74) is 7.14. The van der Waals surface area contributed by atoms with Gasteiger partial charge >= 0.3 is 0 Å². The number of anilines is 2. The Bertz CT molecular complexity index is 599. The molecule has 0 saturated carbocycles. The predicted molar refractivity (Wildman–Crippen MR) is 67.7 cm³/mol. The van der Waals surface area contributed by atoms with E-state index in [1.165, 1.54) is 0 Å². The Morgan fingerprint density at radius 3 is 2.83 bits per heavy atom. The van der Waals surface area contributed by atoms with Crippen molar-refractivity contribution in [3.63, 3.8) is 0 Å². The number of halogens is 1. The summed E-state index contributed by atoms with van der Waals surface area (Å²) < 4.78 is 13.0. The van der Waals surface area contributed by atoms with Crippen LogP contribution in [0.5, 0.6) is 0 Å². The van der Waals surface area contributed by atoms with E-state index in [4.69, 9.17) is 5.73 Å². The van der Waals surface area contributed by atoms with Crippen molar-refractivity contribution < 1.29 is 9.18 Å². The van der Waals surface area contributed by atoms with Crippen LogP contribution in [0.15, 0.2) is 36.5 Å². The number of rotatable bonds is 2. The minimum Gasteiger partial charge on any atom is -0.383 e. The van der Waals surface area contributed by atoms with Gasteiger partial charge in [-0.05, 0) is 24.6 Å². The number of para-hydroxylation sites is 1. The molecule has 0 unspecified atom stereocenters. The number of hydrogen-bond acceptors (Lipinski definition) is 3. The van der Waals surface area contributed by atoms with Crippen molar-refractivity contribution in [2.75, 3.05) is 11.1 Å². The van der Waals surface area contributed by atoms with E-state index in [1.54, 1.807) is 12.1 Å². The summed E-state index contributed by atoms with van der Waals surface area (Å²) in [5, 5.41) is 2.67. The van der Waals surface area contributed by atoms with E-state index < -0.39 is 11.7 Å². The maximum absolute atomic E-state index is 13.0. The van der Waals surface area contributed by atoms with E-state index in [9.17, 15) is 9.18 Å². The minimum atomic E-state index is -0.598. The Kier molecular flexibility index (Phi) is 3.23. The van der Waals surface area contributed by atoms with Crippen molar-refractivity contribution in [1.82, 2.24) is 4.98 Å². The van der Waals surface area contributed by atoms with Crippen molar-refractivity contribution in [3.05, 3.63) is 53.5 Å². The Labute approximate surface area is 104 Å². The molecule has 4 nitrogen and oxygen atoms in total. The summed E-state index contributed by atoms with van der Waals surface area (Å²) in [6.07, 6.45) is 0.972. The monoisotopic (exact) mass is 245 g/mol. The third kappa shape index (κ3) is 2.45. The molecule has 0 aliphatic rings. The number of amides is 1. The molecule has 0 atom stereocenters. The number of benzene rings is 1. The summed E-state index contributed by atoms with van der Waals surface area (Å²) in [6.45, 7) is 1.86. The van der Waals surface area contributed by atoms with Crippen LogP contribution in [-0.2, 0) is 0 Å². The molecule has 92 valence electrons. The van der Waals surface area contributed by atoms with Crippen LogP contribution in [0.1, 0.15) is 15.9 Å². The molecule has 0 fully saturated rings. The molecular weight excluding hydrogens is 233 g/mol. The third-order valence-electron chi connectivity index (χ3n) is 2.52. The van der Waals surface area contributed by atoms with Crippen LogP contribution in [-0.4, -0.2) is 10.9 Å². The number of pyridine rings is 1. The van der Waals surface area contributed by atoms with Crippen LogP contribution in [0.25, 0.3) is 0 Å². The number of carbonyl (C=O) groups excluding carboxylic acids is 1. The summed E-state index contributed by atoms with van der Waals surface area (Å²) in [5.74, 6) is -1.07. The standard InChI is InChI=1S/C13H12FN3O/c1-8-4-2-3-5-11(8)17-13(18)10-6-9(14)7-16-12(10)15/h2-7H,1H3,(H2,15,16)(H,17,18). The van der Waals surface area contributed by atoms with Crippen molar-refractivity contribution in [3.8, 4) is 0 Å². The highest BCUT2D eigenvalue weighted by Crippen LogP contribution is 2.16. The second-order valence-electron chi connectivity index (χ2n) is 3.86. The van der Waals surface area contributed by atoms with Gasteiger partial charge in [0.2, 0.25) is 0 Å². The molecular formula is C13H12FN3O. The van der Waals surface area contributed by atoms with Crippen LogP contribution in [0.2, 0.25) is 0 Å². The van der Waals surface area contributed by atoms with Crippen molar-refractivity contribution in [1.29, 1.82) is 0 Å². The zero-order valence-corrected chi connectivity index (χ0v) is 9.77. The smallest absolute Gasteiger partial charge is 0.259 e. The van der Waals surface area contributed by atoms with Gasteiger partial charge < -0.3 is 11.1 Å². The van der Waals surface area contributed by atoms with Gasteiger partial charge in [0.15, 0.2) is 0 Å². The Balaban J connectivity index is 2.28. The van der Waals surface area contributed by atoms with Crippen LogP contribution in [0.3, 0.4) is 0 Å². The molecule has 0 aliphatic carbocycles. The maximum atomic E-state index is 13.0. The number of hydrogen-bond donors (Lipinski definition) is 2. The summed E-state index contributed by atoms with van der Waals surface area (Å²) in [6, 6.07) is 8.35. The van der Waals surface area contributed by atoms with Gasteiger partial charge in [0, 0.05) is 5.69 Å². The summed E-state index contributed by atoms with van der Waals surface area (Å²) in [4.78, 5) is 15.5. The number of nitrogens with two attached hydrogens (primary N) is 1. The minimum absolute atomic E-state index is 0.00230. The highest BCUT2D eigenvalue weighted by molar-refractivity contribution is 6.07. The number of nitrogen functional groups attached to an aromatic ring is 1. The van der Waals surface area contributed by atoms with Crippen molar-refractivity contribution in [2.45, 2.75) is 6.92 Å². The quantitative estimate of drug-likeness (QED) is 0.853. The number of carbonyl (C=O) groups is 1. The molecule has 2 rings (SSSR count). The largest absolute Gasteiger partial charge is 0.383 e. The third-order valence-corrected chi connectivity index (χ3v) is 2.52. The normalized spacial score (nSPS) is 10.1. The van der Waals surface area contributed by atoms with Crippen molar-refractivity contribution in [2.24, 2.45) is 0 Å². The SMILES string of the molecule is Cc1ccccc1NC(=O)c1cc(F)cnc1N. The van der Waals surface area contributed by atoms with Gasteiger partial charge in [-0.15, -0.1) is 0 Å². The fraction of sp³-hybridized carbons (Fsp3) is 0.0769. The first kappa shape index (κ1) is 12.0. The highest BCUT2D eigenvalue weighted by atomic mass is 19.1. The maximum Gasteiger partial charge on any atom is 0.259 e. The van der Waals surface area contributed by atoms with E-state index in [-0.39, 0.29) is 11.4 Å². The molecule has 2 aromatic rings. The van der Waals surface area contributed by atoms with Gasteiger partial charge in [0.05, 0.1) is 11.8 Å². The molecule has 1 amide bonds. The Morgan fingerprint density at radius 1 is 1.39 bits per heavy atom. The van der Waals surface area contributed by atoms with E-state index in [0.29, 0.717) is 5.69 Å². The molecule has 3 N–H and O–H groups in total. The lowest BCUT2D eigenvalue weighted by Crippen LogP contribution is -2.15. The van der Waals surface area contributed by atoms with E-state index in [2.05, 4.69) is 10.3 Å². The first-order chi connectivity index (χ1) is 8.58. The number of aromatic nitrogens is 1. The van der Waals surface area contributed by atoms with E-state index in [1.807, 2.05) is 19.1 Å². The molecule has 0 bridgehead atoms. The molecule has 0 saturated heterocycles. The summed E-state index contributed by atoms with van der Waals surface area (Å²) >= 11 is 0.